The molecule has 0 aromatic heterocycles. The van der Waals surface area contributed by atoms with Gasteiger partial charge in [-0.25, -0.2) is 0 Å². The van der Waals surface area contributed by atoms with E-state index in [1.807, 2.05) is 0 Å². The molecule has 1 fully saturated rings. The van der Waals surface area contributed by atoms with Gasteiger partial charge in [0.2, 0.25) is 0 Å². The number of allylic oxidation sites excluding steroid dienone is 2. The molecule has 0 saturated heterocycles. The molecule has 60 valence electrons. The van der Waals surface area contributed by atoms with Crippen LogP contribution in [0.2, 0.25) is 0 Å². The lowest BCUT2D eigenvalue weighted by Crippen LogP contribution is -2.18. The fraction of sp³-hybridized carbons (Fsp3) is 0.500. The van der Waals surface area contributed by atoms with Crippen molar-refractivity contribution in [3.8, 4) is 0 Å². The van der Waals surface area contributed by atoms with Crippen molar-refractivity contribution in [2.45, 2.75) is 26.2 Å². The van der Waals surface area contributed by atoms with Crippen LogP contribution in [0.5, 0.6) is 0 Å². The van der Waals surface area contributed by atoms with Gasteiger partial charge in [-0.3, -0.25) is 4.79 Å². The van der Waals surface area contributed by atoms with Gasteiger partial charge in [-0.1, -0.05) is 11.2 Å². The molecule has 0 unspecified atom stereocenters. The predicted molar refractivity (Wildman–Crippen MR) is 41.8 cm³/mol. The molecule has 1 aliphatic carbocycles. The summed E-state index contributed by atoms with van der Waals surface area (Å²) in [6.45, 7) is 1.78. The first kappa shape index (κ1) is 7.98. The van der Waals surface area contributed by atoms with Crippen molar-refractivity contribution in [3.05, 3.63) is 11.6 Å². The average molecular weight is 153 g/mol. The van der Waals surface area contributed by atoms with E-state index in [9.17, 15) is 4.79 Å². The molecule has 0 aromatic rings. The molecule has 1 saturated carbocycles. The summed E-state index contributed by atoms with van der Waals surface area (Å²) in [6.07, 6.45) is 3.80. The monoisotopic (exact) mass is 153 g/mol. The molecule has 0 amide bonds. The normalized spacial score (nSPS) is 26.5. The molecule has 0 heterocycles. The Labute approximate surface area is 65.4 Å². The third-order valence-electron chi connectivity index (χ3n) is 1.84. The number of carbonyl (C=O) groups excluding carboxylic acids is 1. The Morgan fingerprint density at radius 2 is 2.27 bits per heavy atom. The van der Waals surface area contributed by atoms with E-state index < -0.39 is 0 Å². The molecule has 0 aromatic carbocycles. The highest BCUT2D eigenvalue weighted by Gasteiger charge is 2.20. The number of nitrogens with zero attached hydrogens (tertiary/aromatic N) is 1. The Morgan fingerprint density at radius 1 is 1.55 bits per heavy atom. The van der Waals surface area contributed by atoms with Crippen LogP contribution in [0.1, 0.15) is 26.2 Å². The molecule has 1 N–H and O–H groups in total. The molecule has 11 heavy (non-hydrogen) atoms. The molecule has 0 radical (unpaired) electrons. The van der Waals surface area contributed by atoms with E-state index in [1.165, 1.54) is 0 Å². The van der Waals surface area contributed by atoms with Crippen molar-refractivity contribution >= 4 is 11.5 Å². The van der Waals surface area contributed by atoms with E-state index in [1.54, 1.807) is 13.0 Å². The van der Waals surface area contributed by atoms with E-state index in [4.69, 9.17) is 5.21 Å². The molecule has 0 aliphatic heterocycles. The average Bonchev–Trinajstić information content (AvgIpc) is 2.04. The van der Waals surface area contributed by atoms with Crippen molar-refractivity contribution in [2.24, 2.45) is 5.16 Å². The van der Waals surface area contributed by atoms with E-state index in [0.29, 0.717) is 24.1 Å². The minimum Gasteiger partial charge on any atom is -0.411 e. The summed E-state index contributed by atoms with van der Waals surface area (Å²) in [7, 11) is 0. The van der Waals surface area contributed by atoms with Crippen molar-refractivity contribution < 1.29 is 10.0 Å². The summed E-state index contributed by atoms with van der Waals surface area (Å²) in [6, 6.07) is 0. The third kappa shape index (κ3) is 1.48. The van der Waals surface area contributed by atoms with Gasteiger partial charge in [0, 0.05) is 12.0 Å². The van der Waals surface area contributed by atoms with Gasteiger partial charge in [0.15, 0.2) is 5.78 Å². The maximum absolute atomic E-state index is 11.1. The standard InChI is InChI=1S/C8H11NO2/c1-2-6-7(9-11)4-3-5-8(6)10/h2,11H,3-5H2,1H3/b6-2-,9-7?. The molecule has 0 atom stereocenters. The van der Waals surface area contributed by atoms with Gasteiger partial charge < -0.3 is 5.21 Å². The summed E-state index contributed by atoms with van der Waals surface area (Å²) in [5.41, 5.74) is 1.11. The summed E-state index contributed by atoms with van der Waals surface area (Å²) in [5, 5.41) is 11.6. The van der Waals surface area contributed by atoms with Crippen LogP contribution in [-0.2, 0) is 4.79 Å². The smallest absolute Gasteiger partial charge is 0.164 e. The summed E-state index contributed by atoms with van der Waals surface area (Å²) < 4.78 is 0. The number of ketones is 1. The van der Waals surface area contributed by atoms with Crippen LogP contribution in [0.15, 0.2) is 16.8 Å². The second-order valence-electron chi connectivity index (χ2n) is 2.53. The first-order valence-corrected chi connectivity index (χ1v) is 3.70. The van der Waals surface area contributed by atoms with E-state index in [2.05, 4.69) is 5.16 Å². The van der Waals surface area contributed by atoms with Crippen molar-refractivity contribution in [3.63, 3.8) is 0 Å². The minimum atomic E-state index is 0.0894. The first-order chi connectivity index (χ1) is 5.29. The van der Waals surface area contributed by atoms with Crippen LogP contribution >= 0.6 is 0 Å². The number of hydrogen-bond donors (Lipinski definition) is 1. The molecule has 1 aliphatic rings. The van der Waals surface area contributed by atoms with Crippen LogP contribution < -0.4 is 0 Å². The lowest BCUT2D eigenvalue weighted by molar-refractivity contribution is -0.115. The Kier molecular flexibility index (Phi) is 2.41. The highest BCUT2D eigenvalue weighted by molar-refractivity contribution is 6.23. The largest absolute Gasteiger partial charge is 0.411 e. The Bertz CT molecular complexity index is 228. The summed E-state index contributed by atoms with van der Waals surface area (Å²) in [4.78, 5) is 11.1. The van der Waals surface area contributed by atoms with Gasteiger partial charge in [-0.05, 0) is 19.8 Å². The highest BCUT2D eigenvalue weighted by Crippen LogP contribution is 2.17. The molecule has 0 spiro atoms. The lowest BCUT2D eigenvalue weighted by atomic mass is 9.91. The Hall–Kier alpha value is -1.12. The molecular formula is C8H11NO2. The molecule has 1 rings (SSSR count). The number of Topliss-reactive ketones (excluding diaryl/α,β-unsaturated/α-hetero) is 1. The zero-order valence-electron chi connectivity index (χ0n) is 6.50. The number of oxime groups is 1. The molecule has 3 heteroatoms. The number of hydrogen-bond acceptors (Lipinski definition) is 3. The lowest BCUT2D eigenvalue weighted by Gasteiger charge is -2.12. The van der Waals surface area contributed by atoms with Gasteiger partial charge in [0.1, 0.15) is 0 Å². The fourth-order valence-electron chi connectivity index (χ4n) is 1.28. The SMILES string of the molecule is C/C=C1\C(=O)CCCC1=NO. The second kappa shape index (κ2) is 3.32. The topological polar surface area (TPSA) is 49.7 Å². The minimum absolute atomic E-state index is 0.0894. The van der Waals surface area contributed by atoms with E-state index >= 15 is 0 Å². The molecular weight excluding hydrogens is 142 g/mol. The fourth-order valence-corrected chi connectivity index (χ4v) is 1.28. The van der Waals surface area contributed by atoms with Crippen molar-refractivity contribution in [1.29, 1.82) is 0 Å². The second-order valence-corrected chi connectivity index (χ2v) is 2.53. The molecule has 3 nitrogen and oxygen atoms in total. The number of carbonyl (C=O) groups is 1. The third-order valence-corrected chi connectivity index (χ3v) is 1.84. The summed E-state index contributed by atoms with van der Waals surface area (Å²) >= 11 is 0. The zero-order valence-corrected chi connectivity index (χ0v) is 6.50. The van der Waals surface area contributed by atoms with Gasteiger partial charge in [0.05, 0.1) is 5.71 Å². The maximum atomic E-state index is 11.1. The van der Waals surface area contributed by atoms with Crippen LogP contribution in [0.3, 0.4) is 0 Å². The van der Waals surface area contributed by atoms with Crippen molar-refractivity contribution in [2.75, 3.05) is 0 Å². The van der Waals surface area contributed by atoms with Gasteiger partial charge >= 0.3 is 0 Å². The maximum Gasteiger partial charge on any atom is 0.164 e. The van der Waals surface area contributed by atoms with E-state index in [-0.39, 0.29) is 5.78 Å². The van der Waals surface area contributed by atoms with Gasteiger partial charge in [-0.15, -0.1) is 0 Å². The number of rotatable bonds is 0. The van der Waals surface area contributed by atoms with Crippen molar-refractivity contribution in [1.82, 2.24) is 0 Å². The molecule has 0 bridgehead atoms. The first-order valence-electron chi connectivity index (χ1n) is 3.70. The highest BCUT2D eigenvalue weighted by atomic mass is 16.4. The quantitative estimate of drug-likeness (QED) is 0.326. The van der Waals surface area contributed by atoms with Crippen LogP contribution in [0.4, 0.5) is 0 Å². The summed E-state index contributed by atoms with van der Waals surface area (Å²) in [5.74, 6) is 0.0894. The van der Waals surface area contributed by atoms with Crippen LogP contribution in [0, 0.1) is 0 Å². The predicted octanol–water partition coefficient (Wildman–Crippen LogP) is 1.52. The van der Waals surface area contributed by atoms with Crippen LogP contribution in [-0.4, -0.2) is 16.7 Å². The Morgan fingerprint density at radius 3 is 2.73 bits per heavy atom. The van der Waals surface area contributed by atoms with Gasteiger partial charge in [-0.2, -0.15) is 0 Å². The Balaban J connectivity index is 2.90. The zero-order chi connectivity index (χ0) is 8.27. The van der Waals surface area contributed by atoms with E-state index in [0.717, 1.165) is 6.42 Å². The van der Waals surface area contributed by atoms with Crippen LogP contribution in [0.25, 0.3) is 0 Å². The van der Waals surface area contributed by atoms with Gasteiger partial charge in [0.25, 0.3) is 0 Å².